The van der Waals surface area contributed by atoms with Crippen LogP contribution in [0.1, 0.15) is 34.0 Å². The Labute approximate surface area is 168 Å². The van der Waals surface area contributed by atoms with E-state index in [4.69, 9.17) is 10.2 Å². The van der Waals surface area contributed by atoms with E-state index in [2.05, 4.69) is 4.90 Å². The maximum Gasteiger partial charge on any atom is 0.289 e. The van der Waals surface area contributed by atoms with Crippen LogP contribution in [0.4, 0.5) is 5.69 Å². The number of amides is 3. The smallest absolute Gasteiger partial charge is 0.289 e. The lowest BCUT2D eigenvalue weighted by Crippen LogP contribution is -2.58. The minimum absolute atomic E-state index is 0.0270. The number of primary amides is 1. The number of hydrogen-bond acceptors (Lipinski definition) is 5. The molecule has 29 heavy (non-hydrogen) atoms. The zero-order valence-electron chi connectivity index (χ0n) is 16.1. The van der Waals surface area contributed by atoms with Gasteiger partial charge in [-0.25, -0.2) is 0 Å². The molecule has 8 heteroatoms. The fourth-order valence-electron chi connectivity index (χ4n) is 4.04. The minimum atomic E-state index is -0.701. The zero-order chi connectivity index (χ0) is 20.4. The summed E-state index contributed by atoms with van der Waals surface area (Å²) in [4.78, 5) is 42.5. The van der Waals surface area contributed by atoms with Gasteiger partial charge < -0.3 is 20.0 Å². The number of nitrogens with zero attached hydrogens (tertiary/aromatic N) is 3. The number of piperazine rings is 1. The summed E-state index contributed by atoms with van der Waals surface area (Å²) in [6.07, 6.45) is 1.78. The SMILES string of the molecule is NC(=O)c1ccc(C(=O)N2CCN(C3CCCN(c4ccccc4)C3=O)CC2)o1. The van der Waals surface area contributed by atoms with Crippen LogP contribution >= 0.6 is 0 Å². The maximum atomic E-state index is 13.1. The van der Waals surface area contributed by atoms with Gasteiger partial charge in [0.2, 0.25) is 5.91 Å². The molecule has 2 fully saturated rings. The Kier molecular flexibility index (Phi) is 5.35. The molecule has 1 unspecified atom stereocenters. The fourth-order valence-corrected chi connectivity index (χ4v) is 4.04. The second-order valence-corrected chi connectivity index (χ2v) is 7.34. The molecule has 2 aliphatic heterocycles. The van der Waals surface area contributed by atoms with Crippen LogP contribution in [0.25, 0.3) is 0 Å². The molecule has 1 aromatic heterocycles. The first-order valence-corrected chi connectivity index (χ1v) is 9.84. The molecule has 0 aliphatic carbocycles. The van der Waals surface area contributed by atoms with Crippen LogP contribution in [0, 0.1) is 0 Å². The number of hydrogen-bond donors (Lipinski definition) is 1. The van der Waals surface area contributed by atoms with E-state index in [9.17, 15) is 14.4 Å². The molecule has 0 spiro atoms. The first-order valence-electron chi connectivity index (χ1n) is 9.84. The highest BCUT2D eigenvalue weighted by molar-refractivity contribution is 5.98. The van der Waals surface area contributed by atoms with Crippen LogP contribution in [0.15, 0.2) is 46.9 Å². The molecule has 0 bridgehead atoms. The number of piperidine rings is 1. The van der Waals surface area contributed by atoms with E-state index in [0.717, 1.165) is 25.1 Å². The largest absolute Gasteiger partial charge is 0.446 e. The predicted octanol–water partition coefficient (Wildman–Crippen LogP) is 1.33. The molecule has 1 aromatic carbocycles. The van der Waals surface area contributed by atoms with Crippen molar-refractivity contribution in [2.75, 3.05) is 37.6 Å². The molecule has 152 valence electrons. The normalized spacial score (nSPS) is 20.7. The van der Waals surface area contributed by atoms with Crippen molar-refractivity contribution in [3.63, 3.8) is 0 Å². The van der Waals surface area contributed by atoms with Crippen molar-refractivity contribution in [2.24, 2.45) is 5.73 Å². The average molecular weight is 396 g/mol. The number of carbonyl (C=O) groups is 3. The summed E-state index contributed by atoms with van der Waals surface area (Å²) in [5.41, 5.74) is 6.10. The molecule has 2 aliphatic rings. The number of benzene rings is 1. The lowest BCUT2D eigenvalue weighted by Gasteiger charge is -2.42. The van der Waals surface area contributed by atoms with Crippen molar-refractivity contribution in [1.29, 1.82) is 0 Å². The van der Waals surface area contributed by atoms with Crippen LogP contribution in [0.2, 0.25) is 0 Å². The van der Waals surface area contributed by atoms with E-state index in [0.29, 0.717) is 26.2 Å². The molecule has 0 saturated carbocycles. The summed E-state index contributed by atoms with van der Waals surface area (Å²) in [5, 5.41) is 0. The number of carbonyl (C=O) groups excluding carboxylic acids is 3. The van der Waals surface area contributed by atoms with Gasteiger partial charge in [0.05, 0.1) is 6.04 Å². The maximum absolute atomic E-state index is 13.1. The van der Waals surface area contributed by atoms with E-state index >= 15 is 0 Å². The highest BCUT2D eigenvalue weighted by atomic mass is 16.4. The Morgan fingerprint density at radius 1 is 0.931 bits per heavy atom. The molecule has 2 saturated heterocycles. The lowest BCUT2D eigenvalue weighted by atomic mass is 10.0. The van der Waals surface area contributed by atoms with Crippen LogP contribution in [-0.4, -0.2) is 66.3 Å². The number of anilines is 1. The topological polar surface area (TPSA) is 100 Å². The van der Waals surface area contributed by atoms with Crippen LogP contribution in [0.3, 0.4) is 0 Å². The number of rotatable bonds is 4. The Morgan fingerprint density at radius 3 is 2.28 bits per heavy atom. The molecule has 0 radical (unpaired) electrons. The lowest BCUT2D eigenvalue weighted by molar-refractivity contribution is -0.126. The third-order valence-electron chi connectivity index (χ3n) is 5.58. The highest BCUT2D eigenvalue weighted by Gasteiger charge is 2.36. The van der Waals surface area contributed by atoms with Gasteiger partial charge in [-0.2, -0.15) is 0 Å². The summed E-state index contributed by atoms with van der Waals surface area (Å²) in [6.45, 7) is 2.97. The summed E-state index contributed by atoms with van der Waals surface area (Å²) in [6, 6.07) is 12.5. The standard InChI is InChI=1S/C21H24N4O4/c22-19(26)17-8-9-18(29-17)21(28)24-13-11-23(12-14-24)16-7-4-10-25(20(16)27)15-5-2-1-3-6-15/h1-3,5-6,8-9,16H,4,7,10-14H2,(H2,22,26). The molecule has 3 amide bonds. The quantitative estimate of drug-likeness (QED) is 0.840. The van der Waals surface area contributed by atoms with Crippen LogP contribution < -0.4 is 10.6 Å². The monoisotopic (exact) mass is 396 g/mol. The second-order valence-electron chi connectivity index (χ2n) is 7.34. The van der Waals surface area contributed by atoms with Crippen molar-refractivity contribution in [3.8, 4) is 0 Å². The highest BCUT2D eigenvalue weighted by Crippen LogP contribution is 2.24. The first kappa shape index (κ1) is 19.2. The van der Waals surface area contributed by atoms with Crippen LogP contribution in [-0.2, 0) is 4.79 Å². The summed E-state index contributed by atoms with van der Waals surface area (Å²) in [7, 11) is 0. The Balaban J connectivity index is 1.38. The van der Waals surface area contributed by atoms with Crippen molar-refractivity contribution in [3.05, 3.63) is 54.0 Å². The fraction of sp³-hybridized carbons (Fsp3) is 0.381. The molecular formula is C21H24N4O4. The summed E-state index contributed by atoms with van der Waals surface area (Å²) in [5.74, 6) is -0.762. The van der Waals surface area contributed by atoms with Crippen molar-refractivity contribution in [2.45, 2.75) is 18.9 Å². The van der Waals surface area contributed by atoms with Gasteiger partial charge in [-0.15, -0.1) is 0 Å². The first-order chi connectivity index (χ1) is 14.0. The molecular weight excluding hydrogens is 372 g/mol. The average Bonchev–Trinajstić information content (AvgIpc) is 3.25. The van der Waals surface area contributed by atoms with Gasteiger partial charge >= 0.3 is 0 Å². The van der Waals surface area contributed by atoms with Gasteiger partial charge in [0.25, 0.3) is 11.8 Å². The van der Waals surface area contributed by atoms with Gasteiger partial charge in [-0.05, 0) is 37.1 Å². The molecule has 2 N–H and O–H groups in total. The third-order valence-corrected chi connectivity index (χ3v) is 5.58. The number of furan rings is 1. The van der Waals surface area contributed by atoms with Gasteiger partial charge in [0, 0.05) is 38.4 Å². The van der Waals surface area contributed by atoms with Gasteiger partial charge in [0.15, 0.2) is 11.5 Å². The van der Waals surface area contributed by atoms with Crippen molar-refractivity contribution >= 4 is 23.4 Å². The third kappa shape index (κ3) is 3.88. The number of nitrogens with two attached hydrogens (primary N) is 1. The van der Waals surface area contributed by atoms with E-state index < -0.39 is 5.91 Å². The van der Waals surface area contributed by atoms with E-state index in [1.807, 2.05) is 35.2 Å². The van der Waals surface area contributed by atoms with Crippen LogP contribution in [0.5, 0.6) is 0 Å². The minimum Gasteiger partial charge on any atom is -0.446 e. The Bertz CT molecular complexity index is 902. The molecule has 1 atom stereocenters. The predicted molar refractivity (Wildman–Crippen MR) is 107 cm³/mol. The summed E-state index contributed by atoms with van der Waals surface area (Å²) < 4.78 is 5.24. The number of para-hydroxylation sites is 1. The molecule has 4 rings (SSSR count). The Morgan fingerprint density at radius 2 is 1.62 bits per heavy atom. The van der Waals surface area contributed by atoms with E-state index in [1.54, 1.807) is 4.90 Å². The molecule has 3 heterocycles. The van der Waals surface area contributed by atoms with Gasteiger partial charge in [0.1, 0.15) is 0 Å². The zero-order valence-corrected chi connectivity index (χ0v) is 16.1. The molecule has 8 nitrogen and oxygen atoms in total. The Hall–Kier alpha value is -3.13. The summed E-state index contributed by atoms with van der Waals surface area (Å²) >= 11 is 0. The van der Waals surface area contributed by atoms with Crippen molar-refractivity contribution in [1.82, 2.24) is 9.80 Å². The van der Waals surface area contributed by atoms with Crippen molar-refractivity contribution < 1.29 is 18.8 Å². The van der Waals surface area contributed by atoms with E-state index in [1.165, 1.54) is 12.1 Å². The second kappa shape index (κ2) is 8.08. The van der Waals surface area contributed by atoms with E-state index in [-0.39, 0.29) is 29.4 Å². The van der Waals surface area contributed by atoms with Gasteiger partial charge in [-0.3, -0.25) is 19.3 Å². The molecule has 2 aromatic rings. The van der Waals surface area contributed by atoms with Gasteiger partial charge in [-0.1, -0.05) is 18.2 Å².